The molecule has 0 fully saturated rings. The van der Waals surface area contributed by atoms with E-state index in [0.29, 0.717) is 11.3 Å². The number of hydrogen-bond acceptors (Lipinski definition) is 5. The Kier molecular flexibility index (Phi) is 5.02. The van der Waals surface area contributed by atoms with Crippen LogP contribution in [0, 0.1) is 0 Å². The number of nitrogens with one attached hydrogen (secondary N) is 1. The van der Waals surface area contributed by atoms with Crippen molar-refractivity contribution in [3.63, 3.8) is 0 Å². The molecule has 22 heavy (non-hydrogen) atoms. The van der Waals surface area contributed by atoms with Gasteiger partial charge >= 0.3 is 5.97 Å². The van der Waals surface area contributed by atoms with E-state index in [-0.39, 0.29) is 12.1 Å². The van der Waals surface area contributed by atoms with Gasteiger partial charge in [0.15, 0.2) is 0 Å². The maximum absolute atomic E-state index is 12.1. The van der Waals surface area contributed by atoms with Crippen molar-refractivity contribution in [1.29, 1.82) is 0 Å². The van der Waals surface area contributed by atoms with Gasteiger partial charge in [0.2, 0.25) is 0 Å². The molecule has 7 heteroatoms. The van der Waals surface area contributed by atoms with Gasteiger partial charge in [-0.3, -0.25) is 14.6 Å². The molecule has 0 aliphatic rings. The highest BCUT2D eigenvalue weighted by Gasteiger charge is 2.19. The van der Waals surface area contributed by atoms with Gasteiger partial charge in [0, 0.05) is 12.4 Å². The number of nitrogens with zero attached hydrogens (tertiary/aromatic N) is 2. The lowest BCUT2D eigenvalue weighted by Crippen LogP contribution is -2.30. The Morgan fingerprint density at radius 1 is 1.27 bits per heavy atom. The Hall–Kier alpha value is -2.96. The molecule has 2 rings (SSSR count). The summed E-state index contributed by atoms with van der Waals surface area (Å²) in [6.45, 7) is 0. The maximum atomic E-state index is 12.1. The highest BCUT2D eigenvalue weighted by molar-refractivity contribution is 5.92. The number of aromatic nitrogens is 2. The molecular weight excluding hydrogens is 286 g/mol. The maximum Gasteiger partial charge on any atom is 0.305 e. The first-order valence-electron chi connectivity index (χ1n) is 6.52. The predicted octanol–water partition coefficient (Wildman–Crippen LogP) is 1.43. The summed E-state index contributed by atoms with van der Waals surface area (Å²) in [6.07, 6.45) is 3.93. The Labute approximate surface area is 127 Å². The van der Waals surface area contributed by atoms with Crippen LogP contribution < -0.4 is 10.1 Å². The summed E-state index contributed by atoms with van der Waals surface area (Å²) in [7, 11) is 1.54. The van der Waals surface area contributed by atoms with E-state index in [0.717, 1.165) is 0 Å². The number of benzene rings is 1. The molecule has 1 aromatic heterocycles. The van der Waals surface area contributed by atoms with E-state index in [1.165, 1.54) is 18.6 Å². The van der Waals surface area contributed by atoms with E-state index in [1.54, 1.807) is 31.4 Å². The molecule has 7 nitrogen and oxygen atoms in total. The number of ether oxygens (including phenoxy) is 1. The standard InChI is InChI=1S/C15H15N3O4/c1-22-11-4-2-10(3-5-11)12(8-14(19)20)18-15(21)13-9-16-6-7-17-13/h2-7,9,12H,8H2,1H3,(H,18,21)(H,19,20)/t12-/m0/s1. The van der Waals surface area contributed by atoms with E-state index in [2.05, 4.69) is 15.3 Å². The summed E-state index contributed by atoms with van der Waals surface area (Å²) in [5, 5.41) is 11.7. The zero-order valence-corrected chi connectivity index (χ0v) is 11.9. The second kappa shape index (κ2) is 7.16. The zero-order chi connectivity index (χ0) is 15.9. The number of carbonyl (C=O) groups excluding carboxylic acids is 1. The lowest BCUT2D eigenvalue weighted by Gasteiger charge is -2.17. The van der Waals surface area contributed by atoms with Gasteiger partial charge < -0.3 is 15.2 Å². The normalized spacial score (nSPS) is 11.5. The molecule has 1 atom stereocenters. The summed E-state index contributed by atoms with van der Waals surface area (Å²) >= 11 is 0. The molecule has 1 amide bonds. The topological polar surface area (TPSA) is 101 Å². The summed E-state index contributed by atoms with van der Waals surface area (Å²) in [5.41, 5.74) is 0.798. The van der Waals surface area contributed by atoms with Crippen molar-refractivity contribution in [1.82, 2.24) is 15.3 Å². The van der Waals surface area contributed by atoms with Crippen LogP contribution in [0.25, 0.3) is 0 Å². The van der Waals surface area contributed by atoms with Gasteiger partial charge in [-0.1, -0.05) is 12.1 Å². The third kappa shape index (κ3) is 4.02. The van der Waals surface area contributed by atoms with E-state index < -0.39 is 17.9 Å². The summed E-state index contributed by atoms with van der Waals surface area (Å²) in [6, 6.07) is 6.17. The van der Waals surface area contributed by atoms with Crippen LogP contribution in [0.3, 0.4) is 0 Å². The molecule has 2 aromatic rings. The SMILES string of the molecule is COc1ccc([C@H](CC(=O)O)NC(=O)c2cnccn2)cc1. The van der Waals surface area contributed by atoms with Crippen LogP contribution in [0.1, 0.15) is 28.5 Å². The van der Waals surface area contributed by atoms with Gasteiger partial charge in [0.05, 0.1) is 25.8 Å². The highest BCUT2D eigenvalue weighted by Crippen LogP contribution is 2.20. The lowest BCUT2D eigenvalue weighted by atomic mass is 10.0. The number of carboxylic acids is 1. The number of methoxy groups -OCH3 is 1. The molecular formula is C15H15N3O4. The third-order valence-corrected chi connectivity index (χ3v) is 3.00. The van der Waals surface area contributed by atoms with Gasteiger partial charge in [0.1, 0.15) is 11.4 Å². The summed E-state index contributed by atoms with van der Waals surface area (Å²) in [4.78, 5) is 30.8. The largest absolute Gasteiger partial charge is 0.497 e. The van der Waals surface area contributed by atoms with Crippen molar-refractivity contribution < 1.29 is 19.4 Å². The number of hydrogen-bond donors (Lipinski definition) is 2. The summed E-state index contributed by atoms with van der Waals surface area (Å²) < 4.78 is 5.06. The highest BCUT2D eigenvalue weighted by atomic mass is 16.5. The minimum Gasteiger partial charge on any atom is -0.497 e. The Morgan fingerprint density at radius 3 is 2.55 bits per heavy atom. The van der Waals surface area contributed by atoms with Crippen LogP contribution >= 0.6 is 0 Å². The lowest BCUT2D eigenvalue weighted by molar-refractivity contribution is -0.137. The second-order valence-electron chi connectivity index (χ2n) is 4.49. The molecule has 0 saturated carbocycles. The fourth-order valence-corrected chi connectivity index (χ4v) is 1.91. The molecule has 0 unspecified atom stereocenters. The molecule has 0 spiro atoms. The van der Waals surface area contributed by atoms with Gasteiger partial charge in [-0.15, -0.1) is 0 Å². The average molecular weight is 301 g/mol. The fraction of sp³-hybridized carbons (Fsp3) is 0.200. The van der Waals surface area contributed by atoms with E-state index >= 15 is 0 Å². The first kappa shape index (κ1) is 15.4. The molecule has 0 radical (unpaired) electrons. The number of carboxylic acid groups (broad SMARTS) is 1. The van der Waals surface area contributed by atoms with Crippen molar-refractivity contribution >= 4 is 11.9 Å². The number of amides is 1. The van der Waals surface area contributed by atoms with Gasteiger partial charge in [-0.2, -0.15) is 0 Å². The first-order valence-corrected chi connectivity index (χ1v) is 6.52. The molecule has 0 aliphatic heterocycles. The van der Waals surface area contributed by atoms with E-state index in [1.807, 2.05) is 0 Å². The van der Waals surface area contributed by atoms with Crippen LogP contribution in [0.4, 0.5) is 0 Å². The van der Waals surface area contributed by atoms with E-state index in [4.69, 9.17) is 9.84 Å². The van der Waals surface area contributed by atoms with Gasteiger partial charge in [0.25, 0.3) is 5.91 Å². The molecule has 1 heterocycles. The number of rotatable bonds is 6. The van der Waals surface area contributed by atoms with E-state index in [9.17, 15) is 9.59 Å². The third-order valence-electron chi connectivity index (χ3n) is 3.00. The van der Waals surface area contributed by atoms with Gasteiger partial charge in [-0.05, 0) is 17.7 Å². The quantitative estimate of drug-likeness (QED) is 0.837. The van der Waals surface area contributed by atoms with Crippen molar-refractivity contribution in [2.45, 2.75) is 12.5 Å². The molecule has 2 N–H and O–H groups in total. The minimum atomic E-state index is -1.01. The zero-order valence-electron chi connectivity index (χ0n) is 11.9. The monoisotopic (exact) mass is 301 g/mol. The molecule has 1 aromatic carbocycles. The van der Waals surface area contributed by atoms with Crippen molar-refractivity contribution in [2.75, 3.05) is 7.11 Å². The van der Waals surface area contributed by atoms with Crippen molar-refractivity contribution in [2.24, 2.45) is 0 Å². The van der Waals surface area contributed by atoms with Gasteiger partial charge in [-0.25, -0.2) is 4.98 Å². The fourth-order valence-electron chi connectivity index (χ4n) is 1.91. The van der Waals surface area contributed by atoms with Crippen molar-refractivity contribution in [3.05, 3.63) is 54.1 Å². The average Bonchev–Trinajstić information content (AvgIpc) is 2.54. The minimum absolute atomic E-state index is 0.131. The molecule has 0 bridgehead atoms. The molecule has 0 saturated heterocycles. The first-order chi connectivity index (χ1) is 10.6. The van der Waals surface area contributed by atoms with Crippen LogP contribution in [0.2, 0.25) is 0 Å². The number of carbonyl (C=O) groups is 2. The number of aliphatic carboxylic acids is 1. The van der Waals surface area contributed by atoms with Crippen molar-refractivity contribution in [3.8, 4) is 5.75 Å². The second-order valence-corrected chi connectivity index (χ2v) is 4.49. The Balaban J connectivity index is 2.18. The Morgan fingerprint density at radius 2 is 2.00 bits per heavy atom. The smallest absolute Gasteiger partial charge is 0.305 e. The predicted molar refractivity (Wildman–Crippen MR) is 77.5 cm³/mol. The van der Waals surface area contributed by atoms with Crippen LogP contribution in [0.5, 0.6) is 5.75 Å². The summed E-state index contributed by atoms with van der Waals surface area (Å²) in [5.74, 6) is -0.839. The molecule has 114 valence electrons. The molecule has 0 aliphatic carbocycles. The van der Waals surface area contributed by atoms with Crippen LogP contribution in [-0.2, 0) is 4.79 Å². The van der Waals surface area contributed by atoms with Crippen LogP contribution in [0.15, 0.2) is 42.9 Å². The van der Waals surface area contributed by atoms with Crippen LogP contribution in [-0.4, -0.2) is 34.1 Å². The Bertz CT molecular complexity index is 644.